The maximum Gasteiger partial charge on any atom is 0.269 e. The van der Waals surface area contributed by atoms with Gasteiger partial charge in [-0.05, 0) is 12.1 Å². The number of rotatable bonds is 2. The highest BCUT2D eigenvalue weighted by Gasteiger charge is 2.24. The quantitative estimate of drug-likeness (QED) is 0.647. The summed E-state index contributed by atoms with van der Waals surface area (Å²) in [6, 6.07) is 13.3. The van der Waals surface area contributed by atoms with Gasteiger partial charge in [-0.3, -0.25) is 14.9 Å². The minimum Gasteiger partial charge on any atom is -0.361 e. The van der Waals surface area contributed by atoms with Gasteiger partial charge in [-0.15, -0.1) is 0 Å². The second kappa shape index (κ2) is 4.65. The average molecular weight is 269 g/mol. The van der Waals surface area contributed by atoms with Gasteiger partial charge in [-0.25, -0.2) is 0 Å². The number of fused-ring (bicyclic) bond motifs is 1. The summed E-state index contributed by atoms with van der Waals surface area (Å²) >= 11 is 0. The molecule has 6 nitrogen and oxygen atoms in total. The van der Waals surface area contributed by atoms with Crippen molar-refractivity contribution in [1.29, 1.82) is 0 Å². The van der Waals surface area contributed by atoms with E-state index in [0.717, 1.165) is 0 Å². The number of hydrogen-bond acceptors (Lipinski definition) is 4. The largest absolute Gasteiger partial charge is 0.361 e. The van der Waals surface area contributed by atoms with Crippen molar-refractivity contribution in [3.8, 4) is 0 Å². The molecule has 100 valence electrons. The van der Waals surface area contributed by atoms with E-state index in [4.69, 9.17) is 0 Å². The number of nitro benzene ring substituents is 1. The lowest BCUT2D eigenvalue weighted by Crippen LogP contribution is -2.38. The highest BCUT2D eigenvalue weighted by Crippen LogP contribution is 2.27. The monoisotopic (exact) mass is 269 g/mol. The van der Waals surface area contributed by atoms with Crippen LogP contribution in [0.5, 0.6) is 0 Å². The van der Waals surface area contributed by atoms with E-state index in [-0.39, 0.29) is 11.6 Å². The van der Waals surface area contributed by atoms with Gasteiger partial charge in [-0.2, -0.15) is 0 Å². The zero-order chi connectivity index (χ0) is 14.1. The summed E-state index contributed by atoms with van der Waals surface area (Å²) in [5.74, 6) is -0.198. The highest BCUT2D eigenvalue weighted by molar-refractivity contribution is 6.01. The van der Waals surface area contributed by atoms with Gasteiger partial charge in [-0.1, -0.05) is 24.3 Å². The summed E-state index contributed by atoms with van der Waals surface area (Å²) < 4.78 is 0. The molecule has 6 heteroatoms. The fourth-order valence-corrected chi connectivity index (χ4v) is 2.19. The first-order chi connectivity index (χ1) is 9.65. The number of carbonyl (C=O) groups excluding carboxylic acids is 1. The molecule has 1 amide bonds. The molecule has 2 N–H and O–H groups in total. The average Bonchev–Trinajstić information content (AvgIpc) is 2.47. The molecule has 1 aliphatic rings. The van der Waals surface area contributed by atoms with E-state index in [9.17, 15) is 14.9 Å². The standard InChI is InChI=1S/C14H11N3O3/c18-14-11-6-1-2-7-12(11)15-13(16-14)9-4-3-5-10(8-9)17(19)20/h1-8,13,15H,(H,16,18)/t13-/m0/s1. The number of carbonyl (C=O) groups is 1. The number of nitro groups is 1. The minimum absolute atomic E-state index is 0.00240. The molecule has 0 unspecified atom stereocenters. The van der Waals surface area contributed by atoms with Crippen LogP contribution in [0.15, 0.2) is 48.5 Å². The molecule has 2 aromatic carbocycles. The van der Waals surface area contributed by atoms with Crippen LogP contribution in [-0.2, 0) is 0 Å². The Balaban J connectivity index is 1.95. The molecule has 0 saturated carbocycles. The molecule has 20 heavy (non-hydrogen) atoms. The van der Waals surface area contributed by atoms with Crippen molar-refractivity contribution < 1.29 is 9.72 Å². The Morgan fingerprint density at radius 1 is 1.05 bits per heavy atom. The third-order valence-electron chi connectivity index (χ3n) is 3.16. The van der Waals surface area contributed by atoms with E-state index in [1.54, 1.807) is 30.3 Å². The van der Waals surface area contributed by atoms with Crippen LogP contribution < -0.4 is 10.6 Å². The maximum atomic E-state index is 12.0. The molecular weight excluding hydrogens is 258 g/mol. The van der Waals surface area contributed by atoms with Crippen LogP contribution in [0.25, 0.3) is 0 Å². The molecule has 0 aliphatic carbocycles. The number of non-ortho nitro benzene ring substituents is 1. The molecule has 0 saturated heterocycles. The van der Waals surface area contributed by atoms with Crippen molar-refractivity contribution in [3.63, 3.8) is 0 Å². The van der Waals surface area contributed by atoms with E-state index in [2.05, 4.69) is 10.6 Å². The van der Waals surface area contributed by atoms with Gasteiger partial charge in [0.1, 0.15) is 6.17 Å². The van der Waals surface area contributed by atoms with Gasteiger partial charge in [0, 0.05) is 23.4 Å². The Bertz CT molecular complexity index is 700. The Labute approximate surface area is 114 Å². The smallest absolute Gasteiger partial charge is 0.269 e. The third kappa shape index (κ3) is 2.07. The minimum atomic E-state index is -0.475. The van der Waals surface area contributed by atoms with Crippen LogP contribution in [0.3, 0.4) is 0 Å². The molecule has 0 bridgehead atoms. The lowest BCUT2D eigenvalue weighted by atomic mass is 10.1. The van der Waals surface area contributed by atoms with Crippen LogP contribution in [0.4, 0.5) is 11.4 Å². The fourth-order valence-electron chi connectivity index (χ4n) is 2.19. The molecule has 3 rings (SSSR count). The lowest BCUT2D eigenvalue weighted by molar-refractivity contribution is -0.384. The molecule has 0 aromatic heterocycles. The lowest BCUT2D eigenvalue weighted by Gasteiger charge is -2.27. The van der Waals surface area contributed by atoms with Gasteiger partial charge in [0.05, 0.1) is 10.5 Å². The second-order valence-electron chi connectivity index (χ2n) is 4.45. The Morgan fingerprint density at radius 3 is 2.65 bits per heavy atom. The van der Waals surface area contributed by atoms with Crippen LogP contribution in [0.2, 0.25) is 0 Å². The summed E-state index contributed by atoms with van der Waals surface area (Å²) in [5.41, 5.74) is 1.92. The Morgan fingerprint density at radius 2 is 1.85 bits per heavy atom. The number of para-hydroxylation sites is 1. The van der Waals surface area contributed by atoms with Gasteiger partial charge in [0.2, 0.25) is 0 Å². The molecule has 0 fully saturated rings. The first-order valence-electron chi connectivity index (χ1n) is 6.06. The number of nitrogens with one attached hydrogen (secondary N) is 2. The predicted molar refractivity (Wildman–Crippen MR) is 73.4 cm³/mol. The SMILES string of the molecule is O=C1N[C@@H](c2cccc([N+](=O)[O-])c2)Nc2ccccc21. The Hall–Kier alpha value is -2.89. The van der Waals surface area contributed by atoms with E-state index in [1.165, 1.54) is 12.1 Å². The van der Waals surface area contributed by atoms with Crippen molar-refractivity contribution >= 4 is 17.3 Å². The van der Waals surface area contributed by atoms with Crippen molar-refractivity contribution in [2.75, 3.05) is 5.32 Å². The van der Waals surface area contributed by atoms with E-state index >= 15 is 0 Å². The predicted octanol–water partition coefficient (Wildman–Crippen LogP) is 2.45. The maximum absolute atomic E-state index is 12.0. The normalized spacial score (nSPS) is 16.8. The van der Waals surface area contributed by atoms with E-state index < -0.39 is 11.1 Å². The van der Waals surface area contributed by atoms with Gasteiger partial charge >= 0.3 is 0 Å². The summed E-state index contributed by atoms with van der Waals surface area (Å²) in [4.78, 5) is 22.3. The topological polar surface area (TPSA) is 84.3 Å². The van der Waals surface area contributed by atoms with Crippen molar-refractivity contribution in [1.82, 2.24) is 5.32 Å². The molecule has 1 aliphatic heterocycles. The Kier molecular flexibility index (Phi) is 2.83. The third-order valence-corrected chi connectivity index (χ3v) is 3.16. The van der Waals surface area contributed by atoms with Gasteiger partial charge < -0.3 is 10.6 Å². The van der Waals surface area contributed by atoms with Gasteiger partial charge in [0.15, 0.2) is 0 Å². The number of anilines is 1. The van der Waals surface area contributed by atoms with Crippen molar-refractivity contribution in [2.24, 2.45) is 0 Å². The first kappa shape index (κ1) is 12.2. The molecule has 1 heterocycles. The summed E-state index contributed by atoms with van der Waals surface area (Å²) in [5, 5.41) is 16.7. The number of nitrogens with zero attached hydrogens (tertiary/aromatic N) is 1. The molecule has 1 atom stereocenters. The van der Waals surface area contributed by atoms with Crippen molar-refractivity contribution in [3.05, 3.63) is 69.8 Å². The highest BCUT2D eigenvalue weighted by atomic mass is 16.6. The van der Waals surface area contributed by atoms with Crippen molar-refractivity contribution in [2.45, 2.75) is 6.17 Å². The summed E-state index contributed by atoms with van der Waals surface area (Å²) in [6.07, 6.45) is -0.475. The van der Waals surface area contributed by atoms with Gasteiger partial charge in [0.25, 0.3) is 11.6 Å². The molecule has 2 aromatic rings. The van der Waals surface area contributed by atoms with E-state index in [0.29, 0.717) is 16.8 Å². The van der Waals surface area contributed by atoms with Crippen LogP contribution in [0.1, 0.15) is 22.1 Å². The molecule has 0 radical (unpaired) electrons. The van der Waals surface area contributed by atoms with Crippen LogP contribution >= 0.6 is 0 Å². The molecular formula is C14H11N3O3. The zero-order valence-corrected chi connectivity index (χ0v) is 10.4. The number of amides is 1. The van der Waals surface area contributed by atoms with E-state index in [1.807, 2.05) is 6.07 Å². The summed E-state index contributed by atoms with van der Waals surface area (Å²) in [6.45, 7) is 0. The zero-order valence-electron chi connectivity index (χ0n) is 10.4. The first-order valence-corrected chi connectivity index (χ1v) is 6.06. The van der Waals surface area contributed by atoms with Crippen LogP contribution in [0, 0.1) is 10.1 Å². The second-order valence-corrected chi connectivity index (χ2v) is 4.45. The number of benzene rings is 2. The fraction of sp³-hybridized carbons (Fsp3) is 0.0714. The van der Waals surface area contributed by atoms with Crippen LogP contribution in [-0.4, -0.2) is 10.8 Å². The number of hydrogen-bond donors (Lipinski definition) is 2. The molecule has 0 spiro atoms. The summed E-state index contributed by atoms with van der Waals surface area (Å²) in [7, 11) is 0.